The molecular weight excluding hydrogens is 256 g/mol. The van der Waals surface area contributed by atoms with Crippen molar-refractivity contribution in [1.29, 1.82) is 0 Å². The minimum atomic E-state index is -0.936. The fourth-order valence-electron chi connectivity index (χ4n) is 1.69. The van der Waals surface area contributed by atoms with Crippen molar-refractivity contribution in [1.82, 2.24) is 10.3 Å². The van der Waals surface area contributed by atoms with Crippen molar-refractivity contribution in [2.75, 3.05) is 13.2 Å². The number of rotatable bonds is 5. The quantitative estimate of drug-likeness (QED) is 0.839. The highest BCUT2D eigenvalue weighted by atomic mass is 32.1. The van der Waals surface area contributed by atoms with Crippen LogP contribution in [0.5, 0.6) is 0 Å². The first-order valence-electron chi connectivity index (χ1n) is 5.74. The number of aromatic nitrogens is 1. The van der Waals surface area contributed by atoms with Crippen LogP contribution in [0.1, 0.15) is 40.9 Å². The first-order valence-corrected chi connectivity index (χ1v) is 6.62. The Labute approximate surface area is 108 Å². The van der Waals surface area contributed by atoms with E-state index in [2.05, 4.69) is 10.3 Å². The van der Waals surface area contributed by atoms with Crippen LogP contribution in [0.3, 0.4) is 0 Å². The summed E-state index contributed by atoms with van der Waals surface area (Å²) in [7, 11) is 0. The van der Waals surface area contributed by atoms with E-state index in [4.69, 9.17) is 9.84 Å². The van der Waals surface area contributed by atoms with Gasteiger partial charge in [0.2, 0.25) is 0 Å². The maximum Gasteiger partial charge on any atom is 0.305 e. The second-order valence-electron chi connectivity index (χ2n) is 3.97. The molecule has 0 saturated carbocycles. The van der Waals surface area contributed by atoms with Gasteiger partial charge in [-0.2, -0.15) is 0 Å². The van der Waals surface area contributed by atoms with Crippen LogP contribution in [0.4, 0.5) is 0 Å². The Balaban J connectivity index is 1.88. The average Bonchev–Trinajstić information content (AvgIpc) is 2.99. The van der Waals surface area contributed by atoms with E-state index in [-0.39, 0.29) is 25.0 Å². The molecule has 7 heteroatoms. The van der Waals surface area contributed by atoms with Gasteiger partial charge in [0, 0.05) is 18.5 Å². The van der Waals surface area contributed by atoms with Gasteiger partial charge in [-0.25, -0.2) is 4.98 Å². The predicted octanol–water partition coefficient (Wildman–Crippen LogP) is 1.20. The largest absolute Gasteiger partial charge is 0.481 e. The van der Waals surface area contributed by atoms with Crippen LogP contribution < -0.4 is 5.32 Å². The topological polar surface area (TPSA) is 88.5 Å². The molecule has 1 amide bonds. The summed E-state index contributed by atoms with van der Waals surface area (Å²) < 4.78 is 5.48. The molecule has 2 rings (SSSR count). The summed E-state index contributed by atoms with van der Waals surface area (Å²) in [5.41, 5.74) is 0.330. The van der Waals surface area contributed by atoms with Gasteiger partial charge in [0.1, 0.15) is 16.8 Å². The number of aliphatic carboxylic acids is 1. The van der Waals surface area contributed by atoms with Crippen LogP contribution >= 0.6 is 11.3 Å². The van der Waals surface area contributed by atoms with Crippen molar-refractivity contribution in [3.8, 4) is 0 Å². The number of carbonyl (C=O) groups excluding carboxylic acids is 1. The van der Waals surface area contributed by atoms with Crippen LogP contribution in [0.15, 0.2) is 5.38 Å². The second-order valence-corrected chi connectivity index (χ2v) is 4.86. The van der Waals surface area contributed by atoms with Crippen LogP contribution in [-0.2, 0) is 9.53 Å². The van der Waals surface area contributed by atoms with Crippen molar-refractivity contribution in [2.45, 2.75) is 25.4 Å². The number of thiazole rings is 1. The molecule has 0 aromatic carbocycles. The number of carboxylic acids is 1. The number of nitrogens with one attached hydrogen (secondary N) is 1. The van der Waals surface area contributed by atoms with Crippen molar-refractivity contribution >= 4 is 23.2 Å². The third kappa shape index (κ3) is 3.27. The summed E-state index contributed by atoms with van der Waals surface area (Å²) in [5.74, 6) is -1.27. The molecule has 6 nitrogen and oxygen atoms in total. The van der Waals surface area contributed by atoms with E-state index in [0.29, 0.717) is 5.69 Å². The molecule has 1 unspecified atom stereocenters. The number of carboxylic acid groups (broad SMARTS) is 1. The Bertz CT molecular complexity index is 440. The van der Waals surface area contributed by atoms with Crippen molar-refractivity contribution in [3.05, 3.63) is 16.1 Å². The smallest absolute Gasteiger partial charge is 0.305 e. The van der Waals surface area contributed by atoms with Crippen molar-refractivity contribution < 1.29 is 19.4 Å². The molecule has 1 atom stereocenters. The summed E-state index contributed by atoms with van der Waals surface area (Å²) in [4.78, 5) is 26.2. The highest BCUT2D eigenvalue weighted by Gasteiger charge is 2.22. The number of hydrogen-bond acceptors (Lipinski definition) is 5. The number of nitrogens with zero attached hydrogens (tertiary/aromatic N) is 1. The van der Waals surface area contributed by atoms with Gasteiger partial charge >= 0.3 is 5.97 Å². The first kappa shape index (κ1) is 13.0. The van der Waals surface area contributed by atoms with Crippen molar-refractivity contribution in [2.24, 2.45) is 0 Å². The summed E-state index contributed by atoms with van der Waals surface area (Å²) in [6, 6.07) is 0. The Morgan fingerprint density at radius 3 is 3.11 bits per heavy atom. The van der Waals surface area contributed by atoms with E-state index in [1.54, 1.807) is 5.38 Å². The molecule has 0 radical (unpaired) electrons. The standard InChI is InChI=1S/C11H14N2O4S/c14-9(15)3-4-12-10(16)7-6-18-11(13-7)8-2-1-5-17-8/h6,8H,1-5H2,(H,12,16)(H,14,15). The van der Waals surface area contributed by atoms with Gasteiger partial charge < -0.3 is 15.2 Å². The molecule has 1 aromatic rings. The molecule has 98 valence electrons. The van der Waals surface area contributed by atoms with Crippen molar-refractivity contribution in [3.63, 3.8) is 0 Å². The van der Waals surface area contributed by atoms with Gasteiger partial charge in [-0.05, 0) is 12.8 Å². The molecule has 0 bridgehead atoms. The lowest BCUT2D eigenvalue weighted by atomic mass is 10.2. The molecule has 1 aromatic heterocycles. The predicted molar refractivity (Wildman–Crippen MR) is 64.6 cm³/mol. The molecule has 2 heterocycles. The van der Waals surface area contributed by atoms with E-state index in [9.17, 15) is 9.59 Å². The Morgan fingerprint density at radius 2 is 2.44 bits per heavy atom. The zero-order valence-corrected chi connectivity index (χ0v) is 10.5. The summed E-state index contributed by atoms with van der Waals surface area (Å²) in [5, 5.41) is 13.5. The van der Waals surface area contributed by atoms with E-state index >= 15 is 0 Å². The molecule has 1 aliphatic heterocycles. The lowest BCUT2D eigenvalue weighted by Crippen LogP contribution is -2.26. The molecule has 1 saturated heterocycles. The maximum atomic E-state index is 11.7. The number of amides is 1. The first-order chi connectivity index (χ1) is 8.66. The van der Waals surface area contributed by atoms with E-state index in [1.165, 1.54) is 11.3 Å². The van der Waals surface area contributed by atoms with Crippen LogP contribution in [-0.4, -0.2) is 35.1 Å². The summed E-state index contributed by atoms with van der Waals surface area (Å²) in [6.07, 6.45) is 1.88. The van der Waals surface area contributed by atoms with Gasteiger partial charge in [0.25, 0.3) is 5.91 Å². The molecule has 2 N–H and O–H groups in total. The van der Waals surface area contributed by atoms with Gasteiger partial charge in [0.15, 0.2) is 0 Å². The van der Waals surface area contributed by atoms with E-state index in [1.807, 2.05) is 0 Å². The number of carbonyl (C=O) groups is 2. The summed E-state index contributed by atoms with van der Waals surface area (Å²) in [6.45, 7) is 0.853. The van der Waals surface area contributed by atoms with Gasteiger partial charge in [-0.1, -0.05) is 0 Å². The lowest BCUT2D eigenvalue weighted by molar-refractivity contribution is -0.136. The van der Waals surface area contributed by atoms with Gasteiger partial charge in [0.05, 0.1) is 6.42 Å². The van der Waals surface area contributed by atoms with Gasteiger partial charge in [-0.15, -0.1) is 11.3 Å². The third-order valence-corrected chi connectivity index (χ3v) is 3.52. The minimum Gasteiger partial charge on any atom is -0.481 e. The fraction of sp³-hybridized carbons (Fsp3) is 0.545. The Hall–Kier alpha value is -1.47. The fourth-order valence-corrected chi connectivity index (χ4v) is 2.57. The SMILES string of the molecule is O=C(O)CCNC(=O)c1csc(C2CCCO2)n1. The number of hydrogen-bond donors (Lipinski definition) is 2. The highest BCUT2D eigenvalue weighted by molar-refractivity contribution is 7.09. The van der Waals surface area contributed by atoms with E-state index in [0.717, 1.165) is 24.5 Å². The van der Waals surface area contributed by atoms with Crippen LogP contribution in [0.25, 0.3) is 0 Å². The average molecular weight is 270 g/mol. The molecule has 1 fully saturated rings. The Kier molecular flexibility index (Phi) is 4.27. The van der Waals surface area contributed by atoms with E-state index < -0.39 is 5.97 Å². The highest BCUT2D eigenvalue weighted by Crippen LogP contribution is 2.30. The molecular formula is C11H14N2O4S. The summed E-state index contributed by atoms with van der Waals surface area (Å²) >= 11 is 1.40. The second kappa shape index (κ2) is 5.92. The van der Waals surface area contributed by atoms with Gasteiger partial charge in [-0.3, -0.25) is 9.59 Å². The van der Waals surface area contributed by atoms with Crippen LogP contribution in [0.2, 0.25) is 0 Å². The Morgan fingerprint density at radius 1 is 1.61 bits per heavy atom. The third-order valence-electron chi connectivity index (χ3n) is 2.58. The molecule has 1 aliphatic rings. The monoisotopic (exact) mass is 270 g/mol. The molecule has 0 aliphatic carbocycles. The lowest BCUT2D eigenvalue weighted by Gasteiger charge is -2.03. The van der Waals surface area contributed by atoms with Crippen LogP contribution in [0, 0.1) is 0 Å². The number of ether oxygens (including phenoxy) is 1. The minimum absolute atomic E-state index is 0.00979. The molecule has 18 heavy (non-hydrogen) atoms. The maximum absolute atomic E-state index is 11.7. The molecule has 0 spiro atoms. The normalized spacial score (nSPS) is 18.8. The zero-order valence-electron chi connectivity index (χ0n) is 9.72. The zero-order chi connectivity index (χ0) is 13.0.